The van der Waals surface area contributed by atoms with Crippen LogP contribution in [0.15, 0.2) is 54.9 Å². The van der Waals surface area contributed by atoms with E-state index in [0.29, 0.717) is 29.1 Å². The van der Waals surface area contributed by atoms with Gasteiger partial charge in [0.2, 0.25) is 0 Å². The highest BCUT2D eigenvalue weighted by molar-refractivity contribution is 5.85. The molecule has 0 bridgehead atoms. The van der Waals surface area contributed by atoms with Crippen LogP contribution in [0.4, 0.5) is 18.9 Å². The number of nitrogens with zero attached hydrogens (tertiary/aromatic N) is 2. The predicted octanol–water partition coefficient (Wildman–Crippen LogP) is 5.08. The molecule has 3 aromatic rings. The summed E-state index contributed by atoms with van der Waals surface area (Å²) in [6, 6.07) is 10.6. The summed E-state index contributed by atoms with van der Waals surface area (Å²) >= 11 is 0. The predicted molar refractivity (Wildman–Crippen MR) is 98.9 cm³/mol. The fourth-order valence-corrected chi connectivity index (χ4v) is 2.66. The highest BCUT2D eigenvalue weighted by Gasteiger charge is 2.30. The van der Waals surface area contributed by atoms with Crippen molar-refractivity contribution in [1.82, 2.24) is 9.97 Å². The van der Waals surface area contributed by atoms with E-state index in [-0.39, 0.29) is 0 Å². The van der Waals surface area contributed by atoms with Gasteiger partial charge in [-0.25, -0.2) is 0 Å². The van der Waals surface area contributed by atoms with Crippen molar-refractivity contribution in [1.29, 1.82) is 5.41 Å². The highest BCUT2D eigenvalue weighted by Crippen LogP contribution is 2.32. The van der Waals surface area contributed by atoms with Crippen LogP contribution in [0.5, 0.6) is 0 Å². The van der Waals surface area contributed by atoms with Crippen LogP contribution in [-0.2, 0) is 12.7 Å². The van der Waals surface area contributed by atoms with Crippen molar-refractivity contribution in [3.05, 3.63) is 77.4 Å². The maximum Gasteiger partial charge on any atom is 0.416 e. The fraction of sp³-hybridized carbons (Fsp3) is 0.150. The molecule has 0 radical (unpaired) electrons. The van der Waals surface area contributed by atoms with Crippen LogP contribution >= 0.6 is 0 Å². The molecule has 0 aliphatic rings. The summed E-state index contributed by atoms with van der Waals surface area (Å²) in [5, 5.41) is 10.7. The number of pyridine rings is 2. The lowest BCUT2D eigenvalue weighted by Crippen LogP contribution is -2.06. The summed E-state index contributed by atoms with van der Waals surface area (Å²) in [5.41, 5.74) is 3.08. The number of hydrogen-bond donors (Lipinski definition) is 2. The first-order valence-corrected chi connectivity index (χ1v) is 8.21. The van der Waals surface area contributed by atoms with Gasteiger partial charge in [0.1, 0.15) is 5.69 Å². The Balaban J connectivity index is 1.92. The molecule has 0 fully saturated rings. The summed E-state index contributed by atoms with van der Waals surface area (Å²) in [6.45, 7) is 2.36. The Morgan fingerprint density at radius 3 is 2.59 bits per heavy atom. The maximum absolute atomic E-state index is 13.0. The van der Waals surface area contributed by atoms with Gasteiger partial charge < -0.3 is 10.7 Å². The third-order valence-corrected chi connectivity index (χ3v) is 4.16. The van der Waals surface area contributed by atoms with Gasteiger partial charge in [-0.15, -0.1) is 0 Å². The second-order valence-corrected chi connectivity index (χ2v) is 5.98. The van der Waals surface area contributed by atoms with E-state index in [9.17, 15) is 13.2 Å². The fourth-order valence-electron chi connectivity index (χ4n) is 2.66. The van der Waals surface area contributed by atoms with E-state index in [0.717, 1.165) is 29.6 Å². The molecule has 0 saturated carbocycles. The topological polar surface area (TPSA) is 61.7 Å². The van der Waals surface area contributed by atoms with Crippen LogP contribution < -0.4 is 5.32 Å². The normalized spacial score (nSPS) is 11.3. The average Bonchev–Trinajstić information content (AvgIpc) is 2.66. The van der Waals surface area contributed by atoms with E-state index in [1.165, 1.54) is 12.3 Å². The lowest BCUT2D eigenvalue weighted by atomic mass is 10.0. The van der Waals surface area contributed by atoms with Gasteiger partial charge in [0.25, 0.3) is 0 Å². The lowest BCUT2D eigenvalue weighted by Gasteiger charge is -2.13. The molecule has 0 unspecified atom stereocenters. The van der Waals surface area contributed by atoms with Crippen molar-refractivity contribution in [2.45, 2.75) is 19.6 Å². The van der Waals surface area contributed by atoms with Crippen molar-refractivity contribution in [2.75, 3.05) is 5.32 Å². The average molecular weight is 370 g/mol. The van der Waals surface area contributed by atoms with Gasteiger partial charge in [0.15, 0.2) is 0 Å². The molecule has 2 aromatic heterocycles. The largest absolute Gasteiger partial charge is 0.416 e. The van der Waals surface area contributed by atoms with Crippen molar-refractivity contribution < 1.29 is 13.2 Å². The molecular formula is C20H17F3N4. The number of alkyl halides is 3. The first-order chi connectivity index (χ1) is 12.9. The smallest absolute Gasteiger partial charge is 0.379 e. The number of nitrogens with one attached hydrogen (secondary N) is 2. The molecule has 0 atom stereocenters. The number of aromatic nitrogens is 2. The number of benzene rings is 1. The van der Waals surface area contributed by atoms with Crippen LogP contribution in [0, 0.1) is 12.3 Å². The molecule has 0 aliphatic heterocycles. The third-order valence-electron chi connectivity index (χ3n) is 4.16. The van der Waals surface area contributed by atoms with Crippen LogP contribution in [0.2, 0.25) is 0 Å². The van der Waals surface area contributed by atoms with E-state index in [1.807, 2.05) is 19.1 Å². The number of rotatable bonds is 5. The number of halogens is 3. The zero-order valence-electron chi connectivity index (χ0n) is 14.5. The molecule has 0 amide bonds. The summed E-state index contributed by atoms with van der Waals surface area (Å²) in [7, 11) is 0. The van der Waals surface area contributed by atoms with Crippen LogP contribution in [0.3, 0.4) is 0 Å². The Bertz CT molecular complexity index is 967. The molecule has 1 aromatic carbocycles. The molecule has 0 aliphatic carbocycles. The minimum absolute atomic E-state index is 0.410. The van der Waals surface area contributed by atoms with Crippen LogP contribution in [-0.4, -0.2) is 16.2 Å². The summed E-state index contributed by atoms with van der Waals surface area (Å²) in [6.07, 6.45) is -0.125. The Kier molecular flexibility index (Phi) is 5.21. The van der Waals surface area contributed by atoms with Crippen molar-refractivity contribution >= 4 is 11.9 Å². The summed E-state index contributed by atoms with van der Waals surface area (Å²) < 4.78 is 38.9. The van der Waals surface area contributed by atoms with Crippen LogP contribution in [0.25, 0.3) is 11.1 Å². The van der Waals surface area contributed by atoms with E-state index >= 15 is 0 Å². The molecule has 2 heterocycles. The Hall–Kier alpha value is -3.22. The van der Waals surface area contributed by atoms with E-state index in [2.05, 4.69) is 15.3 Å². The first-order valence-electron chi connectivity index (χ1n) is 8.21. The van der Waals surface area contributed by atoms with Crippen molar-refractivity contribution in [3.8, 4) is 11.1 Å². The second kappa shape index (κ2) is 7.57. The minimum atomic E-state index is -4.41. The van der Waals surface area contributed by atoms with Crippen molar-refractivity contribution in [3.63, 3.8) is 0 Å². The SMILES string of the molecule is Cc1ncccc1CNc1cc(-c2cccc(C(F)(F)F)c2)cnc1C=N. The lowest BCUT2D eigenvalue weighted by molar-refractivity contribution is -0.137. The summed E-state index contributed by atoms with van der Waals surface area (Å²) in [5.74, 6) is 0. The van der Waals surface area contributed by atoms with Gasteiger partial charge in [-0.1, -0.05) is 18.2 Å². The number of hydrogen-bond acceptors (Lipinski definition) is 4. The molecule has 7 heteroatoms. The molecule has 4 nitrogen and oxygen atoms in total. The number of aryl methyl sites for hydroxylation is 1. The molecule has 27 heavy (non-hydrogen) atoms. The van der Waals surface area contributed by atoms with E-state index in [4.69, 9.17) is 5.41 Å². The second-order valence-electron chi connectivity index (χ2n) is 5.98. The Morgan fingerprint density at radius 2 is 1.89 bits per heavy atom. The minimum Gasteiger partial charge on any atom is -0.379 e. The maximum atomic E-state index is 13.0. The van der Waals surface area contributed by atoms with Gasteiger partial charge in [-0.05, 0) is 42.3 Å². The molecule has 3 rings (SSSR count). The van der Waals surface area contributed by atoms with Crippen molar-refractivity contribution in [2.24, 2.45) is 0 Å². The molecular weight excluding hydrogens is 353 g/mol. The first kappa shape index (κ1) is 18.6. The Morgan fingerprint density at radius 1 is 1.07 bits per heavy atom. The standard InChI is InChI=1S/C20H17F3N4/c1-13-15(5-3-7-25-13)11-26-18-9-16(12-27-19(18)10-24)14-4-2-6-17(8-14)20(21,22)23/h2-10,12,24,26H,11H2,1H3. The Labute approximate surface area is 154 Å². The molecule has 2 N–H and O–H groups in total. The molecule has 138 valence electrons. The van der Waals surface area contributed by atoms with Gasteiger partial charge in [0, 0.05) is 36.4 Å². The summed E-state index contributed by atoms with van der Waals surface area (Å²) in [4.78, 5) is 8.42. The van der Waals surface area contributed by atoms with Gasteiger partial charge in [0.05, 0.1) is 11.3 Å². The van der Waals surface area contributed by atoms with Gasteiger partial charge >= 0.3 is 6.18 Å². The molecule has 0 saturated heterocycles. The molecule has 0 spiro atoms. The monoisotopic (exact) mass is 370 g/mol. The van der Waals surface area contributed by atoms with Crippen LogP contribution in [0.1, 0.15) is 22.5 Å². The van der Waals surface area contributed by atoms with E-state index < -0.39 is 11.7 Å². The number of anilines is 1. The third kappa shape index (κ3) is 4.31. The van der Waals surface area contributed by atoms with Gasteiger partial charge in [-0.2, -0.15) is 13.2 Å². The highest BCUT2D eigenvalue weighted by atomic mass is 19.4. The zero-order chi connectivity index (χ0) is 19.4. The van der Waals surface area contributed by atoms with Gasteiger partial charge in [-0.3, -0.25) is 9.97 Å². The van der Waals surface area contributed by atoms with E-state index in [1.54, 1.807) is 18.3 Å². The zero-order valence-corrected chi connectivity index (χ0v) is 14.5. The quantitative estimate of drug-likeness (QED) is 0.616.